The van der Waals surface area contributed by atoms with Gasteiger partial charge in [0.05, 0.1) is 13.2 Å². The number of aromatic hydroxyl groups is 1. The average molecular weight is 522 g/mol. The minimum atomic E-state index is 0. The van der Waals surface area contributed by atoms with Gasteiger partial charge in [0.15, 0.2) is 17.5 Å². The van der Waals surface area contributed by atoms with Crippen molar-refractivity contribution in [3.8, 4) is 11.5 Å². The molecular formula is C23H31IN4O2. The third-order valence-corrected chi connectivity index (χ3v) is 4.78. The summed E-state index contributed by atoms with van der Waals surface area (Å²) in [4.78, 5) is 8.12. The zero-order valence-corrected chi connectivity index (χ0v) is 20.1. The first-order valence-electron chi connectivity index (χ1n) is 10.2. The van der Waals surface area contributed by atoms with Crippen LogP contribution in [0.25, 0.3) is 10.9 Å². The molecule has 0 unspecified atom stereocenters. The number of nitrogens with zero attached hydrogens (tertiary/aromatic N) is 1. The number of aromatic amines is 1. The van der Waals surface area contributed by atoms with Gasteiger partial charge < -0.3 is 25.5 Å². The van der Waals surface area contributed by atoms with E-state index in [1.165, 1.54) is 22.2 Å². The van der Waals surface area contributed by atoms with E-state index in [1.807, 2.05) is 19.1 Å². The lowest BCUT2D eigenvalue weighted by Crippen LogP contribution is -2.38. The number of fused-ring (bicyclic) bond motifs is 1. The summed E-state index contributed by atoms with van der Waals surface area (Å²) in [7, 11) is 0. The van der Waals surface area contributed by atoms with Crippen molar-refractivity contribution >= 4 is 40.8 Å². The van der Waals surface area contributed by atoms with Crippen LogP contribution >= 0.6 is 24.0 Å². The van der Waals surface area contributed by atoms with Crippen molar-refractivity contribution in [1.29, 1.82) is 0 Å². The van der Waals surface area contributed by atoms with Crippen LogP contribution in [0.2, 0.25) is 0 Å². The van der Waals surface area contributed by atoms with Crippen LogP contribution in [0.4, 0.5) is 0 Å². The van der Waals surface area contributed by atoms with Gasteiger partial charge in [-0.25, -0.2) is 4.99 Å². The molecule has 0 saturated carbocycles. The molecule has 0 aliphatic heterocycles. The predicted octanol–water partition coefficient (Wildman–Crippen LogP) is 4.50. The van der Waals surface area contributed by atoms with Crippen LogP contribution in [-0.2, 0) is 13.0 Å². The quantitative estimate of drug-likeness (QED) is 0.200. The van der Waals surface area contributed by atoms with Crippen molar-refractivity contribution in [1.82, 2.24) is 15.6 Å². The van der Waals surface area contributed by atoms with Gasteiger partial charge in [-0.1, -0.05) is 24.3 Å². The second-order valence-corrected chi connectivity index (χ2v) is 6.88. The molecule has 0 aliphatic rings. The molecule has 7 heteroatoms. The molecule has 0 amide bonds. The van der Waals surface area contributed by atoms with Crippen LogP contribution in [-0.4, -0.2) is 35.7 Å². The number of phenols is 1. The summed E-state index contributed by atoms with van der Waals surface area (Å²) in [5, 5.41) is 17.8. The van der Waals surface area contributed by atoms with Crippen molar-refractivity contribution < 1.29 is 9.84 Å². The van der Waals surface area contributed by atoms with E-state index in [0.717, 1.165) is 31.0 Å². The molecule has 3 rings (SSSR count). The standard InChI is InChI=1S/C23H30N4O2.HI/c1-4-24-23(26-15-17-10-11-21(28)22(14-17)29-5-2)25-13-12-18-16(3)27-20-9-7-6-8-19(18)20;/h6-11,14,27-28H,4-5,12-13,15H2,1-3H3,(H2,24,25,26);1H. The lowest BCUT2D eigenvalue weighted by molar-refractivity contribution is 0.318. The summed E-state index contributed by atoms with van der Waals surface area (Å²) < 4.78 is 5.45. The van der Waals surface area contributed by atoms with Crippen molar-refractivity contribution in [2.24, 2.45) is 4.99 Å². The van der Waals surface area contributed by atoms with Crippen molar-refractivity contribution in [3.05, 3.63) is 59.3 Å². The van der Waals surface area contributed by atoms with Gasteiger partial charge in [0, 0.05) is 29.7 Å². The number of halogens is 1. The number of nitrogens with one attached hydrogen (secondary N) is 3. The lowest BCUT2D eigenvalue weighted by Gasteiger charge is -2.12. The molecule has 1 aromatic heterocycles. The molecule has 0 spiro atoms. The number of phenolic OH excluding ortho intramolecular Hbond substituents is 1. The Hall–Kier alpha value is -2.42. The van der Waals surface area contributed by atoms with Gasteiger partial charge in [-0.15, -0.1) is 24.0 Å². The molecule has 0 aliphatic carbocycles. The molecule has 162 valence electrons. The maximum absolute atomic E-state index is 9.84. The molecule has 30 heavy (non-hydrogen) atoms. The minimum absolute atomic E-state index is 0. The second-order valence-electron chi connectivity index (χ2n) is 6.88. The summed E-state index contributed by atoms with van der Waals surface area (Å²) in [6.07, 6.45) is 0.911. The summed E-state index contributed by atoms with van der Waals surface area (Å²) in [6, 6.07) is 13.7. The second kappa shape index (κ2) is 11.7. The molecular weight excluding hydrogens is 491 g/mol. The Bertz CT molecular complexity index is 984. The Balaban J connectivity index is 0.00000320. The van der Waals surface area contributed by atoms with Gasteiger partial charge in [-0.3, -0.25) is 0 Å². The zero-order valence-electron chi connectivity index (χ0n) is 17.8. The van der Waals surface area contributed by atoms with E-state index in [4.69, 9.17) is 4.74 Å². The fourth-order valence-corrected chi connectivity index (χ4v) is 3.40. The lowest BCUT2D eigenvalue weighted by atomic mass is 10.1. The fraction of sp³-hybridized carbons (Fsp3) is 0.348. The Kier molecular flexibility index (Phi) is 9.29. The predicted molar refractivity (Wildman–Crippen MR) is 134 cm³/mol. The van der Waals surface area contributed by atoms with E-state index in [9.17, 15) is 5.11 Å². The number of ether oxygens (including phenoxy) is 1. The molecule has 0 fully saturated rings. The number of guanidine groups is 1. The number of para-hydroxylation sites is 1. The number of benzene rings is 2. The average Bonchev–Trinajstić information content (AvgIpc) is 3.04. The Morgan fingerprint density at radius 3 is 2.70 bits per heavy atom. The SMILES string of the molecule is CCNC(=NCc1ccc(O)c(OCC)c1)NCCc1c(C)[nH]c2ccccc12.I. The summed E-state index contributed by atoms with van der Waals surface area (Å²) in [5.41, 5.74) is 4.71. The summed E-state index contributed by atoms with van der Waals surface area (Å²) in [6.45, 7) is 8.66. The normalized spacial score (nSPS) is 11.2. The Morgan fingerprint density at radius 1 is 1.13 bits per heavy atom. The van der Waals surface area contributed by atoms with Gasteiger partial charge in [0.1, 0.15) is 0 Å². The minimum Gasteiger partial charge on any atom is -0.504 e. The molecule has 2 aromatic carbocycles. The highest BCUT2D eigenvalue weighted by Crippen LogP contribution is 2.27. The van der Waals surface area contributed by atoms with Crippen molar-refractivity contribution in [2.75, 3.05) is 19.7 Å². The first-order valence-corrected chi connectivity index (χ1v) is 10.2. The number of aliphatic imine (C=N–C) groups is 1. The van der Waals surface area contributed by atoms with E-state index < -0.39 is 0 Å². The van der Waals surface area contributed by atoms with Crippen LogP contribution in [0.1, 0.15) is 30.7 Å². The van der Waals surface area contributed by atoms with Crippen LogP contribution in [0.3, 0.4) is 0 Å². The van der Waals surface area contributed by atoms with E-state index >= 15 is 0 Å². The number of rotatable bonds is 8. The molecule has 0 saturated heterocycles. The van der Waals surface area contributed by atoms with E-state index in [2.05, 4.69) is 58.7 Å². The molecule has 3 aromatic rings. The van der Waals surface area contributed by atoms with Crippen molar-refractivity contribution in [3.63, 3.8) is 0 Å². The van der Waals surface area contributed by atoms with Crippen molar-refractivity contribution in [2.45, 2.75) is 33.7 Å². The topological polar surface area (TPSA) is 81.7 Å². The highest BCUT2D eigenvalue weighted by molar-refractivity contribution is 14.0. The third-order valence-electron chi connectivity index (χ3n) is 4.78. The van der Waals surface area contributed by atoms with Crippen LogP contribution in [0, 0.1) is 6.92 Å². The number of aryl methyl sites for hydroxylation is 1. The van der Waals surface area contributed by atoms with Gasteiger partial charge in [-0.05, 0) is 56.5 Å². The number of hydrogen-bond donors (Lipinski definition) is 4. The number of aromatic nitrogens is 1. The van der Waals surface area contributed by atoms with Gasteiger partial charge in [-0.2, -0.15) is 0 Å². The maximum Gasteiger partial charge on any atom is 0.191 e. The first-order chi connectivity index (χ1) is 14.1. The summed E-state index contributed by atoms with van der Waals surface area (Å²) >= 11 is 0. The van der Waals surface area contributed by atoms with Crippen LogP contribution in [0.15, 0.2) is 47.5 Å². The monoisotopic (exact) mass is 522 g/mol. The Morgan fingerprint density at radius 2 is 1.93 bits per heavy atom. The van der Waals surface area contributed by atoms with Crippen LogP contribution in [0.5, 0.6) is 11.5 Å². The molecule has 4 N–H and O–H groups in total. The molecule has 1 heterocycles. The molecule has 6 nitrogen and oxygen atoms in total. The fourth-order valence-electron chi connectivity index (χ4n) is 3.40. The number of H-pyrrole nitrogens is 1. The number of hydrogen-bond acceptors (Lipinski definition) is 3. The largest absolute Gasteiger partial charge is 0.504 e. The van der Waals surface area contributed by atoms with E-state index in [-0.39, 0.29) is 29.7 Å². The van der Waals surface area contributed by atoms with Gasteiger partial charge in [0.25, 0.3) is 0 Å². The Labute approximate surface area is 195 Å². The van der Waals surface area contributed by atoms with Gasteiger partial charge in [0.2, 0.25) is 0 Å². The van der Waals surface area contributed by atoms with E-state index in [0.29, 0.717) is 18.9 Å². The van der Waals surface area contributed by atoms with Crippen LogP contribution < -0.4 is 15.4 Å². The molecule has 0 bridgehead atoms. The highest BCUT2D eigenvalue weighted by Gasteiger charge is 2.08. The maximum atomic E-state index is 9.84. The zero-order chi connectivity index (χ0) is 20.6. The van der Waals surface area contributed by atoms with Gasteiger partial charge >= 0.3 is 0 Å². The van der Waals surface area contributed by atoms with E-state index in [1.54, 1.807) is 6.07 Å². The summed E-state index contributed by atoms with van der Waals surface area (Å²) in [5.74, 6) is 1.42. The molecule has 0 radical (unpaired) electrons. The smallest absolute Gasteiger partial charge is 0.191 e. The first kappa shape index (κ1) is 23.9. The highest BCUT2D eigenvalue weighted by atomic mass is 127. The molecule has 0 atom stereocenters. The third kappa shape index (κ3) is 6.04.